The van der Waals surface area contributed by atoms with Gasteiger partial charge in [-0.05, 0) is 31.0 Å². The topological polar surface area (TPSA) is 117 Å². The van der Waals surface area contributed by atoms with Gasteiger partial charge in [-0.3, -0.25) is 14.9 Å². The standard InChI is InChI=1S/C20H22N2O7/c1-4-17(29-14-8-6-5-7-9-14)20(24)28-12-19(23)21-15-11-18(27-3)16(22(25)26)10-13(15)2/h5-11,17H,4,12H2,1-3H3,(H,21,23)/t17-/m0/s1. The van der Waals surface area contributed by atoms with E-state index in [0.717, 1.165) is 0 Å². The molecular formula is C20H22N2O7. The van der Waals surface area contributed by atoms with E-state index in [9.17, 15) is 19.7 Å². The molecule has 2 aromatic carbocycles. The van der Waals surface area contributed by atoms with E-state index in [2.05, 4.69) is 5.32 Å². The number of para-hydroxylation sites is 1. The van der Waals surface area contributed by atoms with Crippen molar-refractivity contribution < 1.29 is 28.7 Å². The quantitative estimate of drug-likeness (QED) is 0.389. The maximum absolute atomic E-state index is 12.2. The molecule has 0 aliphatic rings. The molecule has 0 saturated heterocycles. The molecule has 0 aliphatic carbocycles. The minimum Gasteiger partial charge on any atom is -0.490 e. The van der Waals surface area contributed by atoms with Gasteiger partial charge in [0.2, 0.25) is 0 Å². The van der Waals surface area contributed by atoms with Gasteiger partial charge in [0.25, 0.3) is 5.91 Å². The SMILES string of the molecule is CC[C@H](Oc1ccccc1)C(=O)OCC(=O)Nc1cc(OC)c([N+](=O)[O-])cc1C. The van der Waals surface area contributed by atoms with Crippen LogP contribution in [0.5, 0.6) is 11.5 Å². The zero-order chi connectivity index (χ0) is 21.4. The summed E-state index contributed by atoms with van der Waals surface area (Å²) in [6.45, 7) is 2.85. The highest BCUT2D eigenvalue weighted by atomic mass is 16.6. The van der Waals surface area contributed by atoms with Crippen molar-refractivity contribution in [2.45, 2.75) is 26.4 Å². The molecule has 9 nitrogen and oxygen atoms in total. The van der Waals surface area contributed by atoms with Crippen LogP contribution in [0.1, 0.15) is 18.9 Å². The Hall–Kier alpha value is -3.62. The summed E-state index contributed by atoms with van der Waals surface area (Å²) in [5.74, 6) is -0.721. The van der Waals surface area contributed by atoms with Crippen molar-refractivity contribution in [1.29, 1.82) is 0 Å². The van der Waals surface area contributed by atoms with Gasteiger partial charge in [0.05, 0.1) is 12.0 Å². The van der Waals surface area contributed by atoms with Gasteiger partial charge in [-0.2, -0.15) is 0 Å². The largest absolute Gasteiger partial charge is 0.490 e. The Kier molecular flexibility index (Phi) is 7.53. The minimum absolute atomic E-state index is 0.00945. The van der Waals surface area contributed by atoms with Gasteiger partial charge >= 0.3 is 11.7 Å². The second kappa shape index (κ2) is 10.1. The lowest BCUT2D eigenvalue weighted by molar-refractivity contribution is -0.385. The molecule has 154 valence electrons. The predicted molar refractivity (Wildman–Crippen MR) is 105 cm³/mol. The third kappa shape index (κ3) is 5.93. The molecule has 9 heteroatoms. The lowest BCUT2D eigenvalue weighted by atomic mass is 10.1. The van der Waals surface area contributed by atoms with Crippen LogP contribution in [0.25, 0.3) is 0 Å². The zero-order valence-corrected chi connectivity index (χ0v) is 16.3. The molecule has 1 atom stereocenters. The third-order valence-corrected chi connectivity index (χ3v) is 4.00. The number of aryl methyl sites for hydroxylation is 1. The number of nitrogens with one attached hydrogen (secondary N) is 1. The number of nitro groups is 1. The van der Waals surface area contributed by atoms with Crippen LogP contribution in [0.2, 0.25) is 0 Å². The number of ether oxygens (including phenoxy) is 3. The molecular weight excluding hydrogens is 380 g/mol. The highest BCUT2D eigenvalue weighted by molar-refractivity contribution is 5.94. The summed E-state index contributed by atoms with van der Waals surface area (Å²) in [7, 11) is 1.29. The smallest absolute Gasteiger partial charge is 0.347 e. The Balaban J connectivity index is 1.96. The maximum atomic E-state index is 12.2. The summed E-state index contributed by atoms with van der Waals surface area (Å²) in [5.41, 5.74) is 0.579. The van der Waals surface area contributed by atoms with E-state index < -0.39 is 29.5 Å². The van der Waals surface area contributed by atoms with E-state index in [1.165, 1.54) is 19.2 Å². The Morgan fingerprint density at radius 2 is 1.90 bits per heavy atom. The van der Waals surface area contributed by atoms with Crippen LogP contribution in [0, 0.1) is 17.0 Å². The van der Waals surface area contributed by atoms with Crippen LogP contribution in [-0.4, -0.2) is 36.6 Å². The number of esters is 1. The lowest BCUT2D eigenvalue weighted by Gasteiger charge is -2.16. The normalized spacial score (nSPS) is 11.3. The lowest BCUT2D eigenvalue weighted by Crippen LogP contribution is -2.31. The van der Waals surface area contributed by atoms with E-state index >= 15 is 0 Å². The molecule has 0 fully saturated rings. The van der Waals surface area contributed by atoms with Crippen LogP contribution < -0.4 is 14.8 Å². The van der Waals surface area contributed by atoms with Crippen LogP contribution >= 0.6 is 0 Å². The van der Waals surface area contributed by atoms with Gasteiger partial charge in [0.15, 0.2) is 18.5 Å². The fraction of sp³-hybridized carbons (Fsp3) is 0.300. The average molecular weight is 402 g/mol. The fourth-order valence-electron chi connectivity index (χ4n) is 2.49. The van der Waals surface area contributed by atoms with Crippen molar-refractivity contribution >= 4 is 23.3 Å². The van der Waals surface area contributed by atoms with Crippen molar-refractivity contribution in [1.82, 2.24) is 0 Å². The molecule has 0 spiro atoms. The Labute approximate surface area is 167 Å². The fourth-order valence-corrected chi connectivity index (χ4v) is 2.49. The van der Waals surface area contributed by atoms with Gasteiger partial charge < -0.3 is 19.5 Å². The molecule has 1 amide bonds. The first-order valence-corrected chi connectivity index (χ1v) is 8.86. The minimum atomic E-state index is -0.841. The molecule has 1 N–H and O–H groups in total. The molecule has 0 aromatic heterocycles. The van der Waals surface area contributed by atoms with Crippen molar-refractivity contribution in [3.8, 4) is 11.5 Å². The second-order valence-electron chi connectivity index (χ2n) is 6.08. The maximum Gasteiger partial charge on any atom is 0.347 e. The zero-order valence-electron chi connectivity index (χ0n) is 16.3. The Morgan fingerprint density at radius 1 is 1.21 bits per heavy atom. The molecule has 0 radical (unpaired) electrons. The molecule has 2 rings (SSSR count). The molecule has 0 aliphatic heterocycles. The number of nitro benzene ring substituents is 1. The van der Waals surface area contributed by atoms with E-state index in [1.807, 2.05) is 6.07 Å². The summed E-state index contributed by atoms with van der Waals surface area (Å²) in [4.78, 5) is 34.8. The number of carbonyl (C=O) groups excluding carboxylic acids is 2. The molecule has 29 heavy (non-hydrogen) atoms. The first-order chi connectivity index (χ1) is 13.8. The van der Waals surface area contributed by atoms with Crippen molar-refractivity contribution in [3.05, 3.63) is 58.1 Å². The number of hydrogen-bond acceptors (Lipinski definition) is 7. The number of carbonyl (C=O) groups is 2. The van der Waals surface area contributed by atoms with Crippen molar-refractivity contribution in [2.24, 2.45) is 0 Å². The number of hydrogen-bond donors (Lipinski definition) is 1. The van der Waals surface area contributed by atoms with Crippen LogP contribution in [0.15, 0.2) is 42.5 Å². The first-order valence-electron chi connectivity index (χ1n) is 8.86. The second-order valence-corrected chi connectivity index (χ2v) is 6.08. The van der Waals surface area contributed by atoms with Gasteiger partial charge in [-0.1, -0.05) is 25.1 Å². The van der Waals surface area contributed by atoms with Gasteiger partial charge in [-0.25, -0.2) is 4.79 Å². The van der Waals surface area contributed by atoms with E-state index in [0.29, 0.717) is 23.4 Å². The van der Waals surface area contributed by atoms with Crippen molar-refractivity contribution in [3.63, 3.8) is 0 Å². The van der Waals surface area contributed by atoms with E-state index in [4.69, 9.17) is 14.2 Å². The summed E-state index contributed by atoms with van der Waals surface area (Å²) in [6, 6.07) is 11.5. The number of methoxy groups -OCH3 is 1. The number of amides is 1. The first kappa shape index (κ1) is 21.7. The van der Waals surface area contributed by atoms with E-state index in [1.54, 1.807) is 38.1 Å². The van der Waals surface area contributed by atoms with Crippen LogP contribution in [0.4, 0.5) is 11.4 Å². The number of nitrogens with zero attached hydrogens (tertiary/aromatic N) is 1. The average Bonchev–Trinajstić information content (AvgIpc) is 2.72. The summed E-state index contributed by atoms with van der Waals surface area (Å²) in [5, 5.41) is 13.6. The Bertz CT molecular complexity index is 884. The molecule has 0 saturated carbocycles. The highest BCUT2D eigenvalue weighted by Gasteiger charge is 2.22. The van der Waals surface area contributed by atoms with Gasteiger partial charge in [0, 0.05) is 17.8 Å². The van der Waals surface area contributed by atoms with Crippen molar-refractivity contribution in [2.75, 3.05) is 19.0 Å². The van der Waals surface area contributed by atoms with Gasteiger partial charge in [0.1, 0.15) is 5.75 Å². The molecule has 0 bridgehead atoms. The third-order valence-electron chi connectivity index (χ3n) is 4.00. The number of rotatable bonds is 9. The molecule has 2 aromatic rings. The van der Waals surface area contributed by atoms with Gasteiger partial charge in [-0.15, -0.1) is 0 Å². The molecule has 0 unspecified atom stereocenters. The summed E-state index contributed by atoms with van der Waals surface area (Å²) in [6.07, 6.45) is -0.472. The summed E-state index contributed by atoms with van der Waals surface area (Å²) < 4.78 is 15.6. The van der Waals surface area contributed by atoms with Crippen LogP contribution in [-0.2, 0) is 14.3 Å². The van der Waals surface area contributed by atoms with E-state index in [-0.39, 0.29) is 11.4 Å². The monoisotopic (exact) mass is 402 g/mol. The molecule has 0 heterocycles. The summed E-state index contributed by atoms with van der Waals surface area (Å²) >= 11 is 0. The van der Waals surface area contributed by atoms with Crippen LogP contribution in [0.3, 0.4) is 0 Å². The highest BCUT2D eigenvalue weighted by Crippen LogP contribution is 2.32. The Morgan fingerprint density at radius 3 is 2.48 bits per heavy atom. The predicted octanol–water partition coefficient (Wildman–Crippen LogP) is 3.25. The number of anilines is 1. The number of benzene rings is 2.